The number of benzene rings is 3. The highest BCUT2D eigenvalue weighted by molar-refractivity contribution is 5.96. The van der Waals surface area contributed by atoms with Crippen molar-refractivity contribution in [1.29, 1.82) is 0 Å². The normalized spacial score (nSPS) is 12.8. The summed E-state index contributed by atoms with van der Waals surface area (Å²) in [6.07, 6.45) is -0.0900. The maximum Gasteiger partial charge on any atom is 0.310 e. The minimum atomic E-state index is -1.50. The fourth-order valence-electron chi connectivity index (χ4n) is 4.47. The number of carbonyl (C=O) groups is 6. The predicted molar refractivity (Wildman–Crippen MR) is 158 cm³/mol. The largest absolute Gasteiger partial charge is 0.481 e. The van der Waals surface area contributed by atoms with E-state index in [4.69, 9.17) is 4.74 Å². The Balaban J connectivity index is 1.56. The van der Waals surface area contributed by atoms with Crippen molar-refractivity contribution < 1.29 is 38.6 Å². The average Bonchev–Trinajstić information content (AvgIpc) is 2.97. The number of nitrogens with one attached hydrogen (secondary N) is 3. The Morgan fingerprint density at radius 2 is 1.47 bits per heavy atom. The Labute approximate surface area is 249 Å². The second-order valence-electron chi connectivity index (χ2n) is 10.1. The molecule has 0 radical (unpaired) electrons. The second-order valence-corrected chi connectivity index (χ2v) is 10.1. The van der Waals surface area contributed by atoms with Crippen LogP contribution in [-0.4, -0.2) is 65.3 Å². The fraction of sp³-hybridized carbons (Fsp3) is 0.312. The number of ketones is 1. The molecule has 0 bridgehead atoms. The molecule has 3 aromatic carbocycles. The molecule has 0 aromatic heterocycles. The first-order chi connectivity index (χ1) is 20.5. The highest BCUT2D eigenvalue weighted by Crippen LogP contribution is 2.19. The van der Waals surface area contributed by atoms with Crippen LogP contribution in [0.3, 0.4) is 0 Å². The fourth-order valence-corrected chi connectivity index (χ4v) is 4.47. The predicted octanol–water partition coefficient (Wildman–Crippen LogP) is 2.10. The number of fused-ring (bicyclic) bond motifs is 1. The maximum atomic E-state index is 12.9. The van der Waals surface area contributed by atoms with E-state index < -0.39 is 66.6 Å². The monoisotopic (exact) mass is 589 g/mol. The van der Waals surface area contributed by atoms with Crippen LogP contribution in [0.5, 0.6) is 0 Å². The average molecular weight is 590 g/mol. The molecule has 3 atom stereocenters. The molecule has 0 spiro atoms. The van der Waals surface area contributed by atoms with Gasteiger partial charge in [0.05, 0.1) is 12.8 Å². The number of hydrogen-bond donors (Lipinski definition) is 4. The van der Waals surface area contributed by atoms with Crippen LogP contribution in [0.2, 0.25) is 0 Å². The van der Waals surface area contributed by atoms with Crippen LogP contribution >= 0.6 is 0 Å². The van der Waals surface area contributed by atoms with Crippen LogP contribution in [0, 0.1) is 0 Å². The van der Waals surface area contributed by atoms with Crippen molar-refractivity contribution in [3.8, 4) is 0 Å². The molecule has 0 aliphatic rings. The molecule has 43 heavy (non-hydrogen) atoms. The molecule has 4 N–H and O–H groups in total. The van der Waals surface area contributed by atoms with Crippen molar-refractivity contribution in [3.05, 3.63) is 83.9 Å². The topological polar surface area (TPSA) is 168 Å². The van der Waals surface area contributed by atoms with Gasteiger partial charge in [0.1, 0.15) is 18.1 Å². The minimum absolute atomic E-state index is 0.104. The third-order valence-corrected chi connectivity index (χ3v) is 6.68. The lowest BCUT2D eigenvalue weighted by molar-refractivity contribution is -0.148. The molecule has 11 nitrogen and oxygen atoms in total. The molecule has 0 saturated carbocycles. The number of amides is 3. The molecule has 226 valence electrons. The molecule has 0 aliphatic heterocycles. The summed E-state index contributed by atoms with van der Waals surface area (Å²) >= 11 is 0. The number of Topliss-reactive ketones (excluding diaryl/α,β-unsaturated/α-hetero) is 1. The van der Waals surface area contributed by atoms with E-state index in [9.17, 15) is 33.9 Å². The lowest BCUT2D eigenvalue weighted by atomic mass is 10.0. The van der Waals surface area contributed by atoms with Gasteiger partial charge in [0.25, 0.3) is 0 Å². The van der Waals surface area contributed by atoms with E-state index in [1.54, 1.807) is 12.1 Å². The number of ether oxygens (including phenoxy) is 1. The highest BCUT2D eigenvalue weighted by Gasteiger charge is 2.29. The molecule has 3 rings (SSSR count). The second kappa shape index (κ2) is 15.8. The van der Waals surface area contributed by atoms with Crippen molar-refractivity contribution in [2.45, 2.75) is 57.7 Å². The SMILES string of the molecule is CC(=O)NC(CCc1ccccc1)C(=O)NC(C)C(=O)NC(CC(=O)O)C(=O)COC(=O)Cc1cccc2ccccc12. The number of carboxylic acid groups (broad SMARTS) is 1. The lowest BCUT2D eigenvalue weighted by Gasteiger charge is -2.22. The zero-order chi connectivity index (χ0) is 31.4. The van der Waals surface area contributed by atoms with Gasteiger partial charge in [0, 0.05) is 6.92 Å². The van der Waals surface area contributed by atoms with E-state index in [2.05, 4.69) is 16.0 Å². The standard InChI is InChI=1S/C32H35N3O8/c1-20(33-32(42)26(34-21(2)36)16-15-22-9-4-3-5-10-22)31(41)35-27(18-29(38)39)28(37)19-43-30(40)17-24-13-8-12-23-11-6-7-14-25(23)24/h3-14,20,26-27H,15-19H2,1-2H3,(H,33,42)(H,34,36)(H,35,41)(H,38,39). The van der Waals surface area contributed by atoms with E-state index in [1.165, 1.54) is 13.8 Å². The first kappa shape index (κ1) is 32.5. The van der Waals surface area contributed by atoms with Gasteiger partial charge in [-0.3, -0.25) is 28.8 Å². The van der Waals surface area contributed by atoms with Gasteiger partial charge in [-0.05, 0) is 41.7 Å². The number of esters is 1. The van der Waals surface area contributed by atoms with Crippen molar-refractivity contribution >= 4 is 46.2 Å². The van der Waals surface area contributed by atoms with E-state index in [-0.39, 0.29) is 12.8 Å². The molecule has 0 fully saturated rings. The summed E-state index contributed by atoms with van der Waals surface area (Å²) in [4.78, 5) is 74.1. The number of aryl methyl sites for hydroxylation is 1. The number of rotatable bonds is 15. The van der Waals surface area contributed by atoms with Crippen LogP contribution < -0.4 is 16.0 Å². The summed E-state index contributed by atoms with van der Waals surface area (Å²) in [7, 11) is 0. The number of aliphatic carboxylic acids is 1. The van der Waals surface area contributed by atoms with E-state index >= 15 is 0 Å². The molecular weight excluding hydrogens is 554 g/mol. The van der Waals surface area contributed by atoms with Crippen molar-refractivity contribution in [1.82, 2.24) is 16.0 Å². The highest BCUT2D eigenvalue weighted by atomic mass is 16.5. The minimum Gasteiger partial charge on any atom is -0.481 e. The van der Waals surface area contributed by atoms with Gasteiger partial charge in [-0.25, -0.2) is 0 Å². The smallest absolute Gasteiger partial charge is 0.310 e. The van der Waals surface area contributed by atoms with Gasteiger partial charge in [-0.2, -0.15) is 0 Å². The molecule has 0 aliphatic carbocycles. The molecule has 0 heterocycles. The zero-order valence-electron chi connectivity index (χ0n) is 24.0. The number of carbonyl (C=O) groups excluding carboxylic acids is 5. The van der Waals surface area contributed by atoms with Gasteiger partial charge in [0.15, 0.2) is 12.4 Å². The van der Waals surface area contributed by atoms with Crippen LogP contribution in [0.1, 0.15) is 37.8 Å². The summed E-state index contributed by atoms with van der Waals surface area (Å²) in [5, 5.41) is 18.5. The summed E-state index contributed by atoms with van der Waals surface area (Å²) in [5.74, 6) is -4.72. The van der Waals surface area contributed by atoms with Gasteiger partial charge in [-0.15, -0.1) is 0 Å². The number of carboxylic acids is 1. The summed E-state index contributed by atoms with van der Waals surface area (Å²) in [6, 6.07) is 18.7. The van der Waals surface area contributed by atoms with Crippen LogP contribution in [0.4, 0.5) is 0 Å². The maximum absolute atomic E-state index is 12.9. The third-order valence-electron chi connectivity index (χ3n) is 6.68. The molecule has 3 unspecified atom stereocenters. The molecule has 0 saturated heterocycles. The molecule has 3 aromatic rings. The van der Waals surface area contributed by atoms with Gasteiger partial charge < -0.3 is 25.8 Å². The van der Waals surface area contributed by atoms with E-state index in [0.717, 1.165) is 16.3 Å². The van der Waals surface area contributed by atoms with E-state index in [0.29, 0.717) is 12.0 Å². The van der Waals surface area contributed by atoms with Gasteiger partial charge >= 0.3 is 11.9 Å². The lowest BCUT2D eigenvalue weighted by Crippen LogP contribution is -2.55. The third kappa shape index (κ3) is 10.4. The van der Waals surface area contributed by atoms with Crippen LogP contribution in [0.15, 0.2) is 72.8 Å². The molecule has 11 heteroatoms. The number of hydrogen-bond acceptors (Lipinski definition) is 7. The van der Waals surface area contributed by atoms with Crippen molar-refractivity contribution in [2.24, 2.45) is 0 Å². The Kier molecular flexibility index (Phi) is 11.9. The van der Waals surface area contributed by atoms with E-state index in [1.807, 2.05) is 60.7 Å². The molecule has 3 amide bonds. The van der Waals surface area contributed by atoms with Gasteiger partial charge in [-0.1, -0.05) is 72.8 Å². The van der Waals surface area contributed by atoms with Gasteiger partial charge in [0.2, 0.25) is 17.7 Å². The summed E-state index contributed by atoms with van der Waals surface area (Å²) in [6.45, 7) is 1.89. The zero-order valence-corrected chi connectivity index (χ0v) is 24.0. The molecular formula is C32H35N3O8. The van der Waals surface area contributed by atoms with Crippen molar-refractivity contribution in [3.63, 3.8) is 0 Å². The Hall–Kier alpha value is -5.06. The Morgan fingerprint density at radius 3 is 2.16 bits per heavy atom. The van der Waals surface area contributed by atoms with Crippen molar-refractivity contribution in [2.75, 3.05) is 6.61 Å². The Bertz CT molecular complexity index is 1470. The first-order valence-electron chi connectivity index (χ1n) is 13.8. The van der Waals surface area contributed by atoms with Crippen LogP contribution in [0.25, 0.3) is 10.8 Å². The van der Waals surface area contributed by atoms with Crippen LogP contribution in [-0.2, 0) is 46.3 Å². The summed E-state index contributed by atoms with van der Waals surface area (Å²) < 4.78 is 5.11. The Morgan fingerprint density at radius 1 is 0.791 bits per heavy atom. The summed E-state index contributed by atoms with van der Waals surface area (Å²) in [5.41, 5.74) is 1.67. The quantitative estimate of drug-likeness (QED) is 0.196. The first-order valence-corrected chi connectivity index (χ1v) is 13.8.